The Hall–Kier alpha value is -1.29. The molecule has 4 heteroatoms. The molecule has 0 fully saturated rings. The molecule has 0 radical (unpaired) electrons. The van der Waals surface area contributed by atoms with Gasteiger partial charge in [-0.2, -0.15) is 5.10 Å². The molecule has 0 aliphatic rings. The topological polar surface area (TPSA) is 43.8 Å². The van der Waals surface area contributed by atoms with E-state index in [4.69, 9.17) is 5.73 Å². The molecule has 1 unspecified atom stereocenters. The SMILES string of the molecule is CCc1ccc(C(CC)n2ncc(Br)c2N)cc1. The minimum atomic E-state index is 0.196. The lowest BCUT2D eigenvalue weighted by molar-refractivity contribution is 0.516. The van der Waals surface area contributed by atoms with E-state index < -0.39 is 0 Å². The van der Waals surface area contributed by atoms with Gasteiger partial charge in [0.15, 0.2) is 0 Å². The van der Waals surface area contributed by atoms with E-state index in [-0.39, 0.29) is 6.04 Å². The second kappa shape index (κ2) is 5.57. The summed E-state index contributed by atoms with van der Waals surface area (Å²) in [6, 6.07) is 8.88. The number of hydrogen-bond donors (Lipinski definition) is 1. The molecule has 1 atom stereocenters. The van der Waals surface area contributed by atoms with Gasteiger partial charge < -0.3 is 5.73 Å². The van der Waals surface area contributed by atoms with E-state index in [0.717, 1.165) is 17.3 Å². The van der Waals surface area contributed by atoms with Crippen LogP contribution >= 0.6 is 15.9 Å². The molecule has 96 valence electrons. The van der Waals surface area contributed by atoms with Crippen molar-refractivity contribution in [2.75, 3.05) is 5.73 Å². The number of nitrogens with two attached hydrogens (primary N) is 1. The first-order valence-electron chi connectivity index (χ1n) is 6.24. The van der Waals surface area contributed by atoms with Gasteiger partial charge in [0.2, 0.25) is 0 Å². The van der Waals surface area contributed by atoms with Gasteiger partial charge in [0.25, 0.3) is 0 Å². The molecule has 0 saturated carbocycles. The smallest absolute Gasteiger partial charge is 0.136 e. The van der Waals surface area contributed by atoms with Crippen molar-refractivity contribution in [2.24, 2.45) is 0 Å². The van der Waals surface area contributed by atoms with Crippen molar-refractivity contribution in [1.82, 2.24) is 9.78 Å². The zero-order chi connectivity index (χ0) is 13.1. The predicted molar refractivity (Wildman–Crippen MR) is 78.6 cm³/mol. The maximum atomic E-state index is 6.03. The Kier molecular flexibility index (Phi) is 4.07. The minimum absolute atomic E-state index is 0.196. The molecule has 1 aromatic carbocycles. The van der Waals surface area contributed by atoms with Gasteiger partial charge in [0.05, 0.1) is 16.7 Å². The lowest BCUT2D eigenvalue weighted by Crippen LogP contribution is -2.13. The molecule has 2 aromatic rings. The normalized spacial score (nSPS) is 12.6. The van der Waals surface area contributed by atoms with E-state index in [1.54, 1.807) is 6.20 Å². The van der Waals surface area contributed by atoms with E-state index in [9.17, 15) is 0 Å². The van der Waals surface area contributed by atoms with Crippen molar-refractivity contribution in [3.8, 4) is 0 Å². The van der Waals surface area contributed by atoms with Crippen LogP contribution in [0.5, 0.6) is 0 Å². The monoisotopic (exact) mass is 307 g/mol. The molecule has 0 aliphatic carbocycles. The Morgan fingerprint density at radius 2 is 1.94 bits per heavy atom. The third-order valence-electron chi connectivity index (χ3n) is 3.24. The van der Waals surface area contributed by atoms with Crippen LogP contribution in [-0.4, -0.2) is 9.78 Å². The lowest BCUT2D eigenvalue weighted by atomic mass is 10.0. The number of aromatic nitrogens is 2. The Morgan fingerprint density at radius 3 is 2.39 bits per heavy atom. The summed E-state index contributed by atoms with van der Waals surface area (Å²) in [7, 11) is 0. The van der Waals surface area contributed by atoms with Crippen LogP contribution in [0.4, 0.5) is 5.82 Å². The van der Waals surface area contributed by atoms with Crippen LogP contribution in [0, 0.1) is 0 Å². The summed E-state index contributed by atoms with van der Waals surface area (Å²) >= 11 is 3.40. The Morgan fingerprint density at radius 1 is 1.28 bits per heavy atom. The fourth-order valence-electron chi connectivity index (χ4n) is 2.12. The van der Waals surface area contributed by atoms with Gasteiger partial charge in [-0.25, -0.2) is 4.68 Å². The maximum absolute atomic E-state index is 6.03. The van der Waals surface area contributed by atoms with E-state index in [2.05, 4.69) is 59.1 Å². The van der Waals surface area contributed by atoms with E-state index in [1.807, 2.05) is 4.68 Å². The molecule has 0 spiro atoms. The summed E-state index contributed by atoms with van der Waals surface area (Å²) in [6.45, 7) is 4.31. The van der Waals surface area contributed by atoms with Crippen LogP contribution in [0.25, 0.3) is 0 Å². The highest BCUT2D eigenvalue weighted by Crippen LogP contribution is 2.28. The quantitative estimate of drug-likeness (QED) is 0.934. The average Bonchev–Trinajstić information content (AvgIpc) is 2.73. The lowest BCUT2D eigenvalue weighted by Gasteiger charge is -2.18. The van der Waals surface area contributed by atoms with E-state index in [1.165, 1.54) is 11.1 Å². The Labute approximate surface area is 116 Å². The first-order valence-corrected chi connectivity index (χ1v) is 7.04. The van der Waals surface area contributed by atoms with Crippen molar-refractivity contribution in [3.05, 3.63) is 46.1 Å². The third-order valence-corrected chi connectivity index (χ3v) is 3.85. The summed E-state index contributed by atoms with van der Waals surface area (Å²) < 4.78 is 2.73. The van der Waals surface area contributed by atoms with Crippen LogP contribution in [0.2, 0.25) is 0 Å². The number of halogens is 1. The van der Waals surface area contributed by atoms with Gasteiger partial charge in [-0.3, -0.25) is 0 Å². The van der Waals surface area contributed by atoms with Gasteiger partial charge >= 0.3 is 0 Å². The highest BCUT2D eigenvalue weighted by Gasteiger charge is 2.16. The maximum Gasteiger partial charge on any atom is 0.136 e. The zero-order valence-corrected chi connectivity index (χ0v) is 12.3. The van der Waals surface area contributed by atoms with Crippen molar-refractivity contribution >= 4 is 21.7 Å². The molecule has 0 bridgehead atoms. The van der Waals surface area contributed by atoms with Crippen molar-refractivity contribution in [2.45, 2.75) is 32.7 Å². The molecule has 1 aromatic heterocycles. The molecular formula is C14H18BrN3. The van der Waals surface area contributed by atoms with E-state index in [0.29, 0.717) is 5.82 Å². The van der Waals surface area contributed by atoms with Gasteiger partial charge in [0, 0.05) is 0 Å². The summed E-state index contributed by atoms with van der Waals surface area (Å²) in [5, 5.41) is 4.35. The van der Waals surface area contributed by atoms with E-state index >= 15 is 0 Å². The van der Waals surface area contributed by atoms with Crippen LogP contribution in [0.15, 0.2) is 34.9 Å². The first kappa shape index (κ1) is 13.1. The largest absolute Gasteiger partial charge is 0.383 e. The summed E-state index contributed by atoms with van der Waals surface area (Å²) in [4.78, 5) is 0. The molecule has 2 rings (SSSR count). The van der Waals surface area contributed by atoms with Crippen LogP contribution in [0.1, 0.15) is 37.4 Å². The third kappa shape index (κ3) is 2.43. The van der Waals surface area contributed by atoms with Crippen LogP contribution < -0.4 is 5.73 Å². The van der Waals surface area contributed by atoms with Gasteiger partial charge in [-0.05, 0) is 39.9 Å². The summed E-state index contributed by atoms with van der Waals surface area (Å²) in [5.41, 5.74) is 8.62. The van der Waals surface area contributed by atoms with Gasteiger partial charge in [-0.15, -0.1) is 0 Å². The number of anilines is 1. The van der Waals surface area contributed by atoms with Crippen molar-refractivity contribution < 1.29 is 0 Å². The number of nitrogens with zero attached hydrogens (tertiary/aromatic N) is 2. The molecule has 0 saturated heterocycles. The number of rotatable bonds is 4. The molecule has 0 amide bonds. The molecule has 3 nitrogen and oxygen atoms in total. The standard InChI is InChI=1S/C14H18BrN3/c1-3-10-5-7-11(8-6-10)13(4-2)18-14(16)12(15)9-17-18/h5-9,13H,3-4,16H2,1-2H3. The molecule has 0 aliphatic heterocycles. The fourth-order valence-corrected chi connectivity index (χ4v) is 2.40. The first-order chi connectivity index (χ1) is 8.67. The van der Waals surface area contributed by atoms with Crippen molar-refractivity contribution in [1.29, 1.82) is 0 Å². The van der Waals surface area contributed by atoms with Crippen LogP contribution in [0.3, 0.4) is 0 Å². The summed E-state index contributed by atoms with van der Waals surface area (Å²) in [5.74, 6) is 0.682. The molecule has 2 N–H and O–H groups in total. The molecule has 18 heavy (non-hydrogen) atoms. The van der Waals surface area contributed by atoms with Gasteiger partial charge in [-0.1, -0.05) is 38.1 Å². The van der Waals surface area contributed by atoms with Crippen LogP contribution in [-0.2, 0) is 6.42 Å². The van der Waals surface area contributed by atoms with Crippen molar-refractivity contribution in [3.63, 3.8) is 0 Å². The van der Waals surface area contributed by atoms with Gasteiger partial charge in [0.1, 0.15) is 5.82 Å². The predicted octanol–water partition coefficient (Wildman–Crippen LogP) is 3.79. The number of nitrogen functional groups attached to an aromatic ring is 1. The average molecular weight is 308 g/mol. The fraction of sp³-hybridized carbons (Fsp3) is 0.357. The molecular weight excluding hydrogens is 290 g/mol. The number of hydrogen-bond acceptors (Lipinski definition) is 2. The Balaban J connectivity index is 2.35. The second-order valence-electron chi connectivity index (χ2n) is 4.34. The zero-order valence-electron chi connectivity index (χ0n) is 10.7. The number of aryl methyl sites for hydroxylation is 1. The second-order valence-corrected chi connectivity index (χ2v) is 5.20. The highest BCUT2D eigenvalue weighted by molar-refractivity contribution is 9.10. The minimum Gasteiger partial charge on any atom is -0.383 e. The molecule has 1 heterocycles. The summed E-state index contributed by atoms with van der Waals surface area (Å²) in [6.07, 6.45) is 3.77. The Bertz CT molecular complexity index is 516. The number of benzene rings is 1. The highest BCUT2D eigenvalue weighted by atomic mass is 79.9.